The number of piperazine rings is 1. The first kappa shape index (κ1) is 23.0. The molecule has 0 aromatic heterocycles. The molecule has 7 heteroatoms. The summed E-state index contributed by atoms with van der Waals surface area (Å²) in [4.78, 5) is 44.0. The summed E-state index contributed by atoms with van der Waals surface area (Å²) in [5.41, 5.74) is 2.54. The van der Waals surface area contributed by atoms with Crippen molar-refractivity contribution < 1.29 is 18.8 Å². The van der Waals surface area contributed by atoms with Gasteiger partial charge in [0.1, 0.15) is 5.82 Å². The molecule has 4 rings (SSSR count). The molecule has 3 amide bonds. The van der Waals surface area contributed by atoms with Crippen LogP contribution in [0.25, 0.3) is 0 Å². The van der Waals surface area contributed by atoms with Crippen LogP contribution in [0.15, 0.2) is 48.5 Å². The molecule has 2 aliphatic heterocycles. The monoisotopic (exact) mass is 451 g/mol. The summed E-state index contributed by atoms with van der Waals surface area (Å²) in [6.07, 6.45) is 1.82. The first-order chi connectivity index (χ1) is 15.9. The Balaban J connectivity index is 1.29. The average molecular weight is 452 g/mol. The van der Waals surface area contributed by atoms with Crippen LogP contribution in [0, 0.1) is 18.7 Å². The van der Waals surface area contributed by atoms with E-state index in [0.717, 1.165) is 24.0 Å². The minimum absolute atomic E-state index is 0.0127. The molecule has 0 saturated carbocycles. The summed E-state index contributed by atoms with van der Waals surface area (Å²) in [5, 5.41) is 0. The van der Waals surface area contributed by atoms with E-state index < -0.39 is 0 Å². The molecular formula is C26H30FN3O3. The molecule has 0 spiro atoms. The standard InChI is InChI=1S/C26H30FN3O3/c1-19-4-8-21(9-5-19)25(32)30-12-2-3-22(18-30)26(33)29-15-13-28(14-16-29)24(31)17-20-6-10-23(27)11-7-20/h4-11,22H,2-3,12-18H2,1H3. The highest BCUT2D eigenvalue weighted by molar-refractivity contribution is 5.94. The van der Waals surface area contributed by atoms with E-state index in [1.54, 1.807) is 21.9 Å². The van der Waals surface area contributed by atoms with Crippen molar-refractivity contribution in [2.45, 2.75) is 26.2 Å². The fourth-order valence-corrected chi connectivity index (χ4v) is 4.57. The number of rotatable bonds is 4. The Morgan fingerprint density at radius 1 is 0.848 bits per heavy atom. The number of benzene rings is 2. The van der Waals surface area contributed by atoms with Crippen molar-refractivity contribution in [1.82, 2.24) is 14.7 Å². The smallest absolute Gasteiger partial charge is 0.253 e. The minimum atomic E-state index is -0.319. The van der Waals surface area contributed by atoms with Crippen molar-refractivity contribution in [3.8, 4) is 0 Å². The molecule has 2 aromatic rings. The van der Waals surface area contributed by atoms with Crippen LogP contribution in [-0.2, 0) is 16.0 Å². The Bertz CT molecular complexity index is 998. The van der Waals surface area contributed by atoms with Crippen LogP contribution in [0.1, 0.15) is 34.3 Å². The number of likely N-dealkylation sites (tertiary alicyclic amines) is 1. The number of hydrogen-bond donors (Lipinski definition) is 0. The molecule has 2 fully saturated rings. The van der Waals surface area contributed by atoms with Gasteiger partial charge in [0.05, 0.1) is 12.3 Å². The van der Waals surface area contributed by atoms with Gasteiger partial charge in [-0.15, -0.1) is 0 Å². The normalized spacial score (nSPS) is 18.8. The number of carbonyl (C=O) groups is 3. The van der Waals surface area contributed by atoms with Gasteiger partial charge in [-0.2, -0.15) is 0 Å². The fraction of sp³-hybridized carbons (Fsp3) is 0.423. The maximum Gasteiger partial charge on any atom is 0.253 e. The summed E-state index contributed by atoms with van der Waals surface area (Å²) in [7, 11) is 0. The molecule has 6 nitrogen and oxygen atoms in total. The third kappa shape index (κ3) is 5.59. The molecule has 1 unspecified atom stereocenters. The van der Waals surface area contributed by atoms with E-state index in [0.29, 0.717) is 44.8 Å². The molecule has 2 saturated heterocycles. The second kappa shape index (κ2) is 10.1. The van der Waals surface area contributed by atoms with Crippen LogP contribution in [0.4, 0.5) is 4.39 Å². The zero-order chi connectivity index (χ0) is 23.4. The van der Waals surface area contributed by atoms with Crippen molar-refractivity contribution in [2.24, 2.45) is 5.92 Å². The van der Waals surface area contributed by atoms with Crippen LogP contribution >= 0.6 is 0 Å². The zero-order valence-corrected chi connectivity index (χ0v) is 19.0. The molecular weight excluding hydrogens is 421 g/mol. The Hall–Kier alpha value is -3.22. The highest BCUT2D eigenvalue weighted by Crippen LogP contribution is 2.22. The lowest BCUT2D eigenvalue weighted by atomic mass is 9.95. The molecule has 0 bridgehead atoms. The molecule has 33 heavy (non-hydrogen) atoms. The van der Waals surface area contributed by atoms with Crippen molar-refractivity contribution in [2.75, 3.05) is 39.3 Å². The highest BCUT2D eigenvalue weighted by atomic mass is 19.1. The van der Waals surface area contributed by atoms with E-state index in [9.17, 15) is 18.8 Å². The summed E-state index contributed by atoms with van der Waals surface area (Å²) >= 11 is 0. The lowest BCUT2D eigenvalue weighted by Crippen LogP contribution is -2.54. The SMILES string of the molecule is Cc1ccc(C(=O)N2CCCC(C(=O)N3CCN(C(=O)Cc4ccc(F)cc4)CC3)C2)cc1. The maximum atomic E-state index is 13.2. The van der Waals surface area contributed by atoms with Gasteiger partial charge in [0.2, 0.25) is 11.8 Å². The average Bonchev–Trinajstić information content (AvgIpc) is 2.85. The Morgan fingerprint density at radius 2 is 1.48 bits per heavy atom. The number of piperidine rings is 1. The van der Waals surface area contributed by atoms with Crippen LogP contribution in [0.2, 0.25) is 0 Å². The quantitative estimate of drug-likeness (QED) is 0.718. The van der Waals surface area contributed by atoms with E-state index in [-0.39, 0.29) is 35.9 Å². The Morgan fingerprint density at radius 3 is 2.15 bits per heavy atom. The van der Waals surface area contributed by atoms with Crippen LogP contribution in [0.5, 0.6) is 0 Å². The van der Waals surface area contributed by atoms with Gasteiger partial charge in [0.25, 0.3) is 5.91 Å². The lowest BCUT2D eigenvalue weighted by molar-refractivity contribution is -0.142. The number of hydrogen-bond acceptors (Lipinski definition) is 3. The molecule has 2 aliphatic rings. The summed E-state index contributed by atoms with van der Waals surface area (Å²) in [6, 6.07) is 13.5. The summed E-state index contributed by atoms with van der Waals surface area (Å²) in [5.74, 6) is -0.484. The third-order valence-corrected chi connectivity index (χ3v) is 6.57. The largest absolute Gasteiger partial charge is 0.339 e. The molecule has 0 N–H and O–H groups in total. The first-order valence-electron chi connectivity index (χ1n) is 11.6. The second-order valence-electron chi connectivity index (χ2n) is 8.97. The predicted molar refractivity (Wildman–Crippen MR) is 123 cm³/mol. The molecule has 2 heterocycles. The third-order valence-electron chi connectivity index (χ3n) is 6.57. The predicted octanol–water partition coefficient (Wildman–Crippen LogP) is 2.90. The number of carbonyl (C=O) groups excluding carboxylic acids is 3. The van der Waals surface area contributed by atoms with Gasteiger partial charge in [0, 0.05) is 44.8 Å². The lowest BCUT2D eigenvalue weighted by Gasteiger charge is -2.39. The van der Waals surface area contributed by atoms with Crippen molar-refractivity contribution >= 4 is 17.7 Å². The van der Waals surface area contributed by atoms with Crippen LogP contribution in [-0.4, -0.2) is 71.7 Å². The van der Waals surface area contributed by atoms with E-state index in [4.69, 9.17) is 0 Å². The number of aryl methyl sites for hydroxylation is 1. The van der Waals surface area contributed by atoms with E-state index >= 15 is 0 Å². The van der Waals surface area contributed by atoms with Gasteiger partial charge in [0.15, 0.2) is 0 Å². The number of nitrogens with zero attached hydrogens (tertiary/aromatic N) is 3. The van der Waals surface area contributed by atoms with Gasteiger partial charge >= 0.3 is 0 Å². The maximum absolute atomic E-state index is 13.2. The van der Waals surface area contributed by atoms with Crippen LogP contribution < -0.4 is 0 Å². The number of halogens is 1. The zero-order valence-electron chi connectivity index (χ0n) is 19.0. The summed E-state index contributed by atoms with van der Waals surface area (Å²) < 4.78 is 13.1. The van der Waals surface area contributed by atoms with Gasteiger partial charge in [-0.3, -0.25) is 14.4 Å². The van der Waals surface area contributed by atoms with E-state index in [1.165, 1.54) is 12.1 Å². The fourth-order valence-electron chi connectivity index (χ4n) is 4.57. The van der Waals surface area contributed by atoms with Gasteiger partial charge < -0.3 is 14.7 Å². The second-order valence-corrected chi connectivity index (χ2v) is 8.97. The Labute approximate surface area is 194 Å². The molecule has 0 aliphatic carbocycles. The van der Waals surface area contributed by atoms with Crippen molar-refractivity contribution in [3.05, 3.63) is 71.0 Å². The Kier molecular flexibility index (Phi) is 7.06. The van der Waals surface area contributed by atoms with Gasteiger partial charge in [-0.05, 0) is 49.6 Å². The van der Waals surface area contributed by atoms with Crippen LogP contribution in [0.3, 0.4) is 0 Å². The van der Waals surface area contributed by atoms with E-state index in [2.05, 4.69) is 0 Å². The number of amides is 3. The summed E-state index contributed by atoms with van der Waals surface area (Å²) in [6.45, 7) is 5.07. The minimum Gasteiger partial charge on any atom is -0.339 e. The molecule has 2 aromatic carbocycles. The molecule has 174 valence electrons. The topological polar surface area (TPSA) is 60.9 Å². The molecule has 1 atom stereocenters. The van der Waals surface area contributed by atoms with Crippen molar-refractivity contribution in [1.29, 1.82) is 0 Å². The van der Waals surface area contributed by atoms with Gasteiger partial charge in [-0.1, -0.05) is 29.8 Å². The highest BCUT2D eigenvalue weighted by Gasteiger charge is 2.33. The van der Waals surface area contributed by atoms with Crippen molar-refractivity contribution in [3.63, 3.8) is 0 Å². The first-order valence-corrected chi connectivity index (χ1v) is 11.6. The van der Waals surface area contributed by atoms with E-state index in [1.807, 2.05) is 36.1 Å². The van der Waals surface area contributed by atoms with Gasteiger partial charge in [-0.25, -0.2) is 4.39 Å². The molecule has 0 radical (unpaired) electrons.